The van der Waals surface area contributed by atoms with Gasteiger partial charge in [-0.3, -0.25) is 14.5 Å². The highest BCUT2D eigenvalue weighted by Crippen LogP contribution is 2.44. The number of imide groups is 1. The van der Waals surface area contributed by atoms with Crippen LogP contribution < -0.4 is 10.6 Å². The van der Waals surface area contributed by atoms with Crippen molar-refractivity contribution in [3.05, 3.63) is 76.6 Å². The van der Waals surface area contributed by atoms with E-state index < -0.39 is 54.5 Å². The molecule has 0 aromatic heterocycles. The molecule has 4 amide bonds. The number of hydrogen-bond acceptors (Lipinski definition) is 4. The summed E-state index contributed by atoms with van der Waals surface area (Å²) in [5, 5.41) is 6.01. The molecule has 39 heavy (non-hydrogen) atoms. The van der Waals surface area contributed by atoms with Gasteiger partial charge in [-0.2, -0.15) is 13.2 Å². The second kappa shape index (κ2) is 10.1. The van der Waals surface area contributed by atoms with E-state index in [1.54, 1.807) is 6.07 Å². The van der Waals surface area contributed by atoms with Crippen molar-refractivity contribution in [2.24, 2.45) is 0 Å². The summed E-state index contributed by atoms with van der Waals surface area (Å²) in [6, 6.07) is 7.32. The number of urea groups is 1. The van der Waals surface area contributed by atoms with E-state index in [4.69, 9.17) is 0 Å². The van der Waals surface area contributed by atoms with Crippen LogP contribution in [0.15, 0.2) is 48.5 Å². The third-order valence-electron chi connectivity index (χ3n) is 7.79. The Morgan fingerprint density at radius 3 is 2.54 bits per heavy atom. The van der Waals surface area contributed by atoms with Gasteiger partial charge >= 0.3 is 12.2 Å². The smallest absolute Gasteiger partial charge is 0.325 e. The minimum atomic E-state index is -4.75. The summed E-state index contributed by atoms with van der Waals surface area (Å²) in [4.78, 5) is 41.2. The molecule has 2 aromatic rings. The van der Waals surface area contributed by atoms with Gasteiger partial charge in [-0.25, -0.2) is 9.18 Å². The predicted octanol–water partition coefficient (Wildman–Crippen LogP) is 3.88. The molecule has 2 aliphatic heterocycles. The van der Waals surface area contributed by atoms with Gasteiger partial charge in [0.05, 0.1) is 0 Å². The summed E-state index contributed by atoms with van der Waals surface area (Å²) in [6.07, 6.45) is -1.00. The predicted molar refractivity (Wildman–Crippen MR) is 135 cm³/mol. The van der Waals surface area contributed by atoms with Gasteiger partial charge in [-0.1, -0.05) is 36.4 Å². The molecule has 0 bridgehead atoms. The first-order valence-corrected chi connectivity index (χ1v) is 12.8. The van der Waals surface area contributed by atoms with Crippen molar-refractivity contribution in [2.75, 3.05) is 19.6 Å². The standard InChI is InChI=1S/C28H28F4N4O3/c1-17(28(30,31)32)35(15-18-5-7-20(29)8-6-18)24(37)16-36-25(38)27(34-26(36)39)12-9-22-21(3-2-4-23(22)27)19-10-13-33-14-11-19/h2-8,10,17,33H,9,11-16H2,1H3,(H,34,39)/t17-,27?/m0/s1. The number of fused-ring (bicyclic) bond motifs is 2. The van der Waals surface area contributed by atoms with Gasteiger partial charge in [0.25, 0.3) is 5.91 Å². The summed E-state index contributed by atoms with van der Waals surface area (Å²) in [5.74, 6) is -2.27. The van der Waals surface area contributed by atoms with Gasteiger partial charge in [0.15, 0.2) is 0 Å². The van der Waals surface area contributed by atoms with Gasteiger partial charge in [0.1, 0.15) is 23.9 Å². The largest absolute Gasteiger partial charge is 0.408 e. The maximum Gasteiger partial charge on any atom is 0.408 e. The Balaban J connectivity index is 1.40. The molecule has 2 N–H and O–H groups in total. The van der Waals surface area contributed by atoms with Crippen LogP contribution in [0.4, 0.5) is 22.4 Å². The lowest BCUT2D eigenvalue weighted by Crippen LogP contribution is -2.51. The van der Waals surface area contributed by atoms with Crippen LogP contribution in [0.5, 0.6) is 0 Å². The molecule has 2 aromatic carbocycles. The summed E-state index contributed by atoms with van der Waals surface area (Å²) in [7, 11) is 0. The normalized spacial score (nSPS) is 21.6. The number of nitrogens with one attached hydrogen (secondary N) is 2. The molecular formula is C28H28F4N4O3. The number of carbonyl (C=O) groups is 3. The number of halogens is 4. The van der Waals surface area contributed by atoms with Crippen LogP contribution in [-0.2, 0) is 28.1 Å². The van der Waals surface area contributed by atoms with Crippen molar-refractivity contribution in [3.63, 3.8) is 0 Å². The SMILES string of the molecule is C[C@H](N(Cc1ccc(F)cc1)C(=O)CN1C(=O)NC2(CCc3c(C4=CCNCC4)cccc32)C1=O)C(F)(F)F. The molecule has 3 aliphatic rings. The number of hydrogen-bond donors (Lipinski definition) is 2. The average Bonchev–Trinajstić information content (AvgIpc) is 3.40. The maximum absolute atomic E-state index is 13.7. The van der Waals surface area contributed by atoms with Crippen molar-refractivity contribution >= 4 is 23.4 Å². The van der Waals surface area contributed by atoms with Gasteiger partial charge in [0.2, 0.25) is 5.91 Å². The van der Waals surface area contributed by atoms with E-state index in [0.29, 0.717) is 28.2 Å². The number of nitrogens with zero attached hydrogens (tertiary/aromatic N) is 2. The van der Waals surface area contributed by atoms with Crippen LogP contribution >= 0.6 is 0 Å². The first kappa shape index (κ1) is 26.9. The molecule has 1 fully saturated rings. The number of carbonyl (C=O) groups excluding carboxylic acids is 3. The molecule has 11 heteroatoms. The van der Waals surface area contributed by atoms with E-state index in [1.165, 1.54) is 12.1 Å². The Morgan fingerprint density at radius 2 is 1.87 bits per heavy atom. The third kappa shape index (κ3) is 4.91. The first-order valence-electron chi connectivity index (χ1n) is 12.8. The maximum atomic E-state index is 13.7. The summed E-state index contributed by atoms with van der Waals surface area (Å²) >= 11 is 0. The number of amides is 4. The van der Waals surface area contributed by atoms with Crippen molar-refractivity contribution in [3.8, 4) is 0 Å². The fourth-order valence-electron chi connectivity index (χ4n) is 5.62. The number of alkyl halides is 3. The van der Waals surface area contributed by atoms with Gasteiger partial charge in [0, 0.05) is 13.1 Å². The van der Waals surface area contributed by atoms with Gasteiger partial charge in [-0.15, -0.1) is 0 Å². The minimum Gasteiger partial charge on any atom is -0.325 e. The highest BCUT2D eigenvalue weighted by molar-refractivity contribution is 6.10. The average molecular weight is 545 g/mol. The molecule has 2 atom stereocenters. The number of rotatable bonds is 6. The highest BCUT2D eigenvalue weighted by Gasteiger charge is 2.56. The minimum absolute atomic E-state index is 0.277. The van der Waals surface area contributed by atoms with Gasteiger partial charge in [-0.05, 0) is 72.7 Å². The van der Waals surface area contributed by atoms with Crippen molar-refractivity contribution in [2.45, 2.75) is 50.5 Å². The van der Waals surface area contributed by atoms with E-state index in [-0.39, 0.29) is 5.56 Å². The fraction of sp³-hybridized carbons (Fsp3) is 0.393. The second-order valence-corrected chi connectivity index (χ2v) is 10.1. The van der Waals surface area contributed by atoms with Crippen LogP contribution in [0.25, 0.3) is 5.57 Å². The quantitative estimate of drug-likeness (QED) is 0.428. The second-order valence-electron chi connectivity index (χ2n) is 10.1. The lowest BCUT2D eigenvalue weighted by Gasteiger charge is -2.32. The van der Waals surface area contributed by atoms with Crippen molar-refractivity contribution in [1.29, 1.82) is 0 Å². The first-order chi connectivity index (χ1) is 18.5. The van der Waals surface area contributed by atoms with Crippen molar-refractivity contribution in [1.82, 2.24) is 20.4 Å². The Morgan fingerprint density at radius 1 is 1.13 bits per heavy atom. The summed E-state index contributed by atoms with van der Waals surface area (Å²) in [6.45, 7) is 1.08. The zero-order valence-electron chi connectivity index (χ0n) is 21.3. The van der Waals surface area contributed by atoms with E-state index in [2.05, 4.69) is 16.7 Å². The summed E-state index contributed by atoms with van der Waals surface area (Å²) in [5.41, 5.74) is 2.69. The third-order valence-corrected chi connectivity index (χ3v) is 7.79. The Kier molecular flexibility index (Phi) is 6.96. The molecular weight excluding hydrogens is 516 g/mol. The fourth-order valence-corrected chi connectivity index (χ4v) is 5.62. The van der Waals surface area contributed by atoms with Crippen LogP contribution in [0, 0.1) is 5.82 Å². The van der Waals surface area contributed by atoms with E-state index in [0.717, 1.165) is 55.3 Å². The molecule has 0 radical (unpaired) electrons. The van der Waals surface area contributed by atoms with Crippen LogP contribution in [0.3, 0.4) is 0 Å². The highest BCUT2D eigenvalue weighted by atomic mass is 19.4. The molecule has 0 saturated carbocycles. The van der Waals surface area contributed by atoms with Crippen LogP contribution in [0.2, 0.25) is 0 Å². The van der Waals surface area contributed by atoms with Crippen LogP contribution in [0.1, 0.15) is 42.0 Å². The molecule has 206 valence electrons. The summed E-state index contributed by atoms with van der Waals surface area (Å²) < 4.78 is 54.3. The van der Waals surface area contributed by atoms with E-state index >= 15 is 0 Å². The zero-order valence-corrected chi connectivity index (χ0v) is 21.3. The molecule has 1 aliphatic carbocycles. The van der Waals surface area contributed by atoms with E-state index in [9.17, 15) is 31.9 Å². The van der Waals surface area contributed by atoms with Gasteiger partial charge < -0.3 is 15.5 Å². The molecule has 1 spiro atoms. The topological polar surface area (TPSA) is 81.8 Å². The Hall–Kier alpha value is -3.73. The lowest BCUT2D eigenvalue weighted by molar-refractivity contribution is -0.187. The molecule has 2 heterocycles. The molecule has 7 nitrogen and oxygen atoms in total. The number of benzene rings is 2. The van der Waals surface area contributed by atoms with Crippen LogP contribution in [-0.4, -0.2) is 59.5 Å². The monoisotopic (exact) mass is 544 g/mol. The Labute approximate surface area is 222 Å². The Bertz CT molecular complexity index is 1340. The molecule has 1 saturated heterocycles. The molecule has 1 unspecified atom stereocenters. The van der Waals surface area contributed by atoms with E-state index in [1.807, 2.05) is 12.1 Å². The van der Waals surface area contributed by atoms with Crippen molar-refractivity contribution < 1.29 is 31.9 Å². The molecule has 5 rings (SSSR count). The zero-order chi connectivity index (χ0) is 27.9. The lowest BCUT2D eigenvalue weighted by atomic mass is 9.88.